The van der Waals surface area contributed by atoms with Crippen LogP contribution >= 0.6 is 34.3 Å². The summed E-state index contributed by atoms with van der Waals surface area (Å²) in [6.07, 6.45) is 1.81. The Bertz CT molecular complexity index is 1180. The number of thiazole rings is 1. The molecule has 0 fully saturated rings. The summed E-state index contributed by atoms with van der Waals surface area (Å²) in [5, 5.41) is 12.2. The Kier molecular flexibility index (Phi) is 6.17. The molecule has 0 atom stereocenters. The van der Waals surface area contributed by atoms with Crippen molar-refractivity contribution in [3.05, 3.63) is 68.4 Å². The van der Waals surface area contributed by atoms with Crippen LogP contribution in [0.4, 0.5) is 5.13 Å². The van der Waals surface area contributed by atoms with Crippen LogP contribution in [-0.2, 0) is 13.2 Å². The largest absolute Gasteiger partial charge is 0.487 e. The standard InChI is InChI=1S/C21H19ClN4O2S2/c1-3-26-13(2)15(9-23-26)17-12-30-21(24-17)25-20(27)19-8-14(11-29-19)10-28-18-7-5-4-6-16(18)22/h4-9,11-12H,3,10H2,1-2H3,(H,24,25,27). The fourth-order valence-corrected chi connectivity index (χ4v) is 4.61. The van der Waals surface area contributed by atoms with Gasteiger partial charge in [-0.3, -0.25) is 14.8 Å². The summed E-state index contributed by atoms with van der Waals surface area (Å²) in [5.41, 5.74) is 3.76. The van der Waals surface area contributed by atoms with Crippen molar-refractivity contribution < 1.29 is 9.53 Å². The van der Waals surface area contributed by atoms with Crippen molar-refractivity contribution in [3.63, 3.8) is 0 Å². The first-order valence-corrected chi connectivity index (χ1v) is 11.4. The normalized spacial score (nSPS) is 10.9. The molecule has 1 amide bonds. The third kappa shape index (κ3) is 4.40. The smallest absolute Gasteiger partial charge is 0.267 e. The van der Waals surface area contributed by atoms with Crippen LogP contribution in [-0.4, -0.2) is 20.7 Å². The molecule has 154 valence electrons. The van der Waals surface area contributed by atoms with Gasteiger partial charge in [0.25, 0.3) is 5.91 Å². The van der Waals surface area contributed by atoms with Gasteiger partial charge in [-0.2, -0.15) is 5.10 Å². The maximum atomic E-state index is 12.6. The van der Waals surface area contributed by atoms with Crippen LogP contribution in [0.5, 0.6) is 5.75 Å². The molecule has 0 saturated carbocycles. The zero-order chi connectivity index (χ0) is 21.1. The molecular formula is C21H19ClN4O2S2. The second-order valence-corrected chi connectivity index (χ2v) is 8.67. The summed E-state index contributed by atoms with van der Waals surface area (Å²) >= 11 is 8.87. The SMILES string of the molecule is CCn1ncc(-c2csc(NC(=O)c3cc(COc4ccccc4Cl)cs3)n2)c1C. The Morgan fingerprint density at radius 1 is 1.27 bits per heavy atom. The van der Waals surface area contributed by atoms with Crippen LogP contribution in [0.15, 0.2) is 47.3 Å². The number of amides is 1. The molecule has 1 N–H and O–H groups in total. The number of anilines is 1. The van der Waals surface area contributed by atoms with Gasteiger partial charge in [0.1, 0.15) is 12.4 Å². The van der Waals surface area contributed by atoms with Gasteiger partial charge < -0.3 is 4.74 Å². The highest BCUT2D eigenvalue weighted by atomic mass is 35.5. The predicted octanol–water partition coefficient (Wildman–Crippen LogP) is 5.88. The second-order valence-electron chi connectivity index (χ2n) is 6.49. The summed E-state index contributed by atoms with van der Waals surface area (Å²) in [4.78, 5) is 17.7. The van der Waals surface area contributed by atoms with Crippen LogP contribution in [0.3, 0.4) is 0 Å². The van der Waals surface area contributed by atoms with E-state index in [1.54, 1.807) is 6.07 Å². The number of halogens is 1. The molecule has 1 aromatic carbocycles. The first kappa shape index (κ1) is 20.6. The molecule has 6 nitrogen and oxygen atoms in total. The van der Waals surface area contributed by atoms with Crippen molar-refractivity contribution in [2.75, 3.05) is 5.32 Å². The van der Waals surface area contributed by atoms with E-state index in [-0.39, 0.29) is 5.91 Å². The van der Waals surface area contributed by atoms with E-state index in [0.717, 1.165) is 29.1 Å². The lowest BCUT2D eigenvalue weighted by Gasteiger charge is -2.06. The van der Waals surface area contributed by atoms with Crippen molar-refractivity contribution in [2.45, 2.75) is 27.0 Å². The Balaban J connectivity index is 1.39. The number of nitrogens with zero attached hydrogens (tertiary/aromatic N) is 3. The molecule has 3 heterocycles. The zero-order valence-electron chi connectivity index (χ0n) is 16.4. The van der Waals surface area contributed by atoms with Crippen molar-refractivity contribution >= 4 is 45.3 Å². The minimum absolute atomic E-state index is 0.189. The highest BCUT2D eigenvalue weighted by molar-refractivity contribution is 7.14. The van der Waals surface area contributed by atoms with Gasteiger partial charge in [0.2, 0.25) is 0 Å². The van der Waals surface area contributed by atoms with E-state index in [1.807, 2.05) is 59.8 Å². The third-order valence-electron chi connectivity index (χ3n) is 4.51. The van der Waals surface area contributed by atoms with E-state index in [0.29, 0.717) is 27.4 Å². The topological polar surface area (TPSA) is 69.0 Å². The number of benzene rings is 1. The second kappa shape index (κ2) is 8.99. The summed E-state index contributed by atoms with van der Waals surface area (Å²) < 4.78 is 7.66. The third-order valence-corrected chi connectivity index (χ3v) is 6.56. The summed E-state index contributed by atoms with van der Waals surface area (Å²) in [7, 11) is 0. The van der Waals surface area contributed by atoms with E-state index in [4.69, 9.17) is 16.3 Å². The Labute approximate surface area is 187 Å². The lowest BCUT2D eigenvalue weighted by molar-refractivity contribution is 0.103. The molecule has 0 spiro atoms. The van der Waals surface area contributed by atoms with Crippen LogP contribution in [0.1, 0.15) is 27.9 Å². The summed E-state index contributed by atoms with van der Waals surface area (Å²) in [5.74, 6) is 0.430. The van der Waals surface area contributed by atoms with Gasteiger partial charge in [0, 0.05) is 28.7 Å². The van der Waals surface area contributed by atoms with E-state index in [2.05, 4.69) is 15.4 Å². The highest BCUT2D eigenvalue weighted by Gasteiger charge is 2.15. The minimum Gasteiger partial charge on any atom is -0.487 e. The number of carbonyl (C=O) groups excluding carboxylic acids is 1. The highest BCUT2D eigenvalue weighted by Crippen LogP contribution is 2.28. The Morgan fingerprint density at radius 2 is 2.10 bits per heavy atom. The van der Waals surface area contributed by atoms with Crippen LogP contribution in [0.2, 0.25) is 5.02 Å². The molecule has 0 unspecified atom stereocenters. The predicted molar refractivity (Wildman–Crippen MR) is 122 cm³/mol. The van der Waals surface area contributed by atoms with E-state index in [9.17, 15) is 4.79 Å². The number of aryl methyl sites for hydroxylation is 1. The van der Waals surface area contributed by atoms with Gasteiger partial charge >= 0.3 is 0 Å². The molecule has 4 rings (SSSR count). The molecule has 0 radical (unpaired) electrons. The number of carbonyl (C=O) groups is 1. The van der Waals surface area contributed by atoms with Crippen molar-refractivity contribution in [3.8, 4) is 17.0 Å². The van der Waals surface area contributed by atoms with Gasteiger partial charge in [0.15, 0.2) is 5.13 Å². The summed E-state index contributed by atoms with van der Waals surface area (Å²) in [6.45, 7) is 5.21. The number of aromatic nitrogens is 3. The van der Waals surface area contributed by atoms with E-state index < -0.39 is 0 Å². The van der Waals surface area contributed by atoms with Crippen LogP contribution in [0, 0.1) is 6.92 Å². The average molecular weight is 459 g/mol. The van der Waals surface area contributed by atoms with Crippen molar-refractivity contribution in [1.29, 1.82) is 0 Å². The number of ether oxygens (including phenoxy) is 1. The Hall–Kier alpha value is -2.68. The molecule has 3 aromatic heterocycles. The van der Waals surface area contributed by atoms with Crippen LogP contribution < -0.4 is 10.1 Å². The molecule has 0 aliphatic rings. The maximum absolute atomic E-state index is 12.6. The van der Waals surface area contributed by atoms with E-state index in [1.165, 1.54) is 22.7 Å². The van der Waals surface area contributed by atoms with Gasteiger partial charge in [-0.05, 0) is 37.4 Å². The van der Waals surface area contributed by atoms with Crippen molar-refractivity contribution in [2.24, 2.45) is 0 Å². The molecule has 0 aliphatic carbocycles. The monoisotopic (exact) mass is 458 g/mol. The number of hydrogen-bond acceptors (Lipinski definition) is 6. The quantitative estimate of drug-likeness (QED) is 0.375. The lowest BCUT2D eigenvalue weighted by atomic mass is 10.2. The number of nitrogens with one attached hydrogen (secondary N) is 1. The zero-order valence-corrected chi connectivity index (χ0v) is 18.8. The van der Waals surface area contributed by atoms with Crippen molar-refractivity contribution in [1.82, 2.24) is 14.8 Å². The minimum atomic E-state index is -0.189. The fraction of sp³-hybridized carbons (Fsp3) is 0.190. The molecule has 0 bridgehead atoms. The maximum Gasteiger partial charge on any atom is 0.267 e. The number of para-hydroxylation sites is 1. The van der Waals surface area contributed by atoms with E-state index >= 15 is 0 Å². The molecule has 30 heavy (non-hydrogen) atoms. The molecule has 0 aliphatic heterocycles. The van der Waals surface area contributed by atoms with Gasteiger partial charge in [-0.15, -0.1) is 22.7 Å². The molecule has 0 saturated heterocycles. The first-order chi connectivity index (χ1) is 14.5. The van der Waals surface area contributed by atoms with Crippen LogP contribution in [0.25, 0.3) is 11.3 Å². The number of thiophene rings is 1. The van der Waals surface area contributed by atoms with Gasteiger partial charge in [0.05, 0.1) is 21.8 Å². The first-order valence-electron chi connectivity index (χ1n) is 9.29. The summed E-state index contributed by atoms with van der Waals surface area (Å²) in [6, 6.07) is 9.13. The molecular weight excluding hydrogens is 440 g/mol. The molecule has 9 heteroatoms. The number of rotatable bonds is 7. The van der Waals surface area contributed by atoms with Gasteiger partial charge in [-0.1, -0.05) is 23.7 Å². The number of hydrogen-bond donors (Lipinski definition) is 1. The van der Waals surface area contributed by atoms with Gasteiger partial charge in [-0.25, -0.2) is 4.98 Å². The fourth-order valence-electron chi connectivity index (χ4n) is 2.92. The Morgan fingerprint density at radius 3 is 2.87 bits per heavy atom. The lowest BCUT2D eigenvalue weighted by Crippen LogP contribution is -2.09. The molecule has 4 aromatic rings. The average Bonchev–Trinajstić information content (AvgIpc) is 3.47.